The Labute approximate surface area is 124 Å². The summed E-state index contributed by atoms with van der Waals surface area (Å²) in [5.74, 6) is 1.01. The summed E-state index contributed by atoms with van der Waals surface area (Å²) in [4.78, 5) is 18.3. The number of likely N-dealkylation sites (tertiary alicyclic amines) is 1. The molecule has 1 saturated heterocycles. The van der Waals surface area contributed by atoms with Crippen molar-refractivity contribution in [2.75, 3.05) is 6.54 Å². The number of ether oxygens (including phenoxy) is 1. The van der Waals surface area contributed by atoms with Crippen LogP contribution in [0.25, 0.3) is 0 Å². The number of amides is 1. The molecule has 1 aliphatic heterocycles. The molecule has 2 rings (SSSR count). The maximum atomic E-state index is 12.3. The van der Waals surface area contributed by atoms with E-state index in [0.29, 0.717) is 24.7 Å². The van der Waals surface area contributed by atoms with Crippen LogP contribution < -0.4 is 5.73 Å². The van der Waals surface area contributed by atoms with E-state index in [1.54, 1.807) is 4.90 Å². The average Bonchev–Trinajstić information content (AvgIpc) is 2.85. The standard InChI is InChI=1S/C14H24N4O3/c1-14(2,3)20-13(19)18-7-5-4-6-10(18)8-12-16-11(9-15)17-21-12/h10H,4-9,15H2,1-3H3. The molecule has 7 heteroatoms. The van der Waals surface area contributed by atoms with Gasteiger partial charge in [-0.15, -0.1) is 0 Å². The van der Waals surface area contributed by atoms with Crippen LogP contribution in [0.1, 0.15) is 51.7 Å². The minimum Gasteiger partial charge on any atom is -0.444 e. The third kappa shape index (κ3) is 4.42. The van der Waals surface area contributed by atoms with Crippen molar-refractivity contribution in [2.24, 2.45) is 5.73 Å². The van der Waals surface area contributed by atoms with Crippen molar-refractivity contribution < 1.29 is 14.1 Å². The first kappa shape index (κ1) is 15.8. The summed E-state index contributed by atoms with van der Waals surface area (Å²) >= 11 is 0. The molecule has 0 aromatic carbocycles. The van der Waals surface area contributed by atoms with Gasteiger partial charge in [0.25, 0.3) is 0 Å². The second kappa shape index (κ2) is 6.43. The molecule has 0 aliphatic carbocycles. The van der Waals surface area contributed by atoms with E-state index < -0.39 is 5.60 Å². The van der Waals surface area contributed by atoms with Gasteiger partial charge < -0.3 is 19.9 Å². The molecular weight excluding hydrogens is 272 g/mol. The lowest BCUT2D eigenvalue weighted by molar-refractivity contribution is 0.00916. The van der Waals surface area contributed by atoms with Gasteiger partial charge in [0.2, 0.25) is 5.89 Å². The zero-order valence-corrected chi connectivity index (χ0v) is 13.0. The monoisotopic (exact) mass is 296 g/mol. The maximum Gasteiger partial charge on any atom is 0.410 e. The van der Waals surface area contributed by atoms with Gasteiger partial charge in [0.15, 0.2) is 5.82 Å². The van der Waals surface area contributed by atoms with Crippen LogP contribution in [-0.4, -0.2) is 39.3 Å². The van der Waals surface area contributed by atoms with Gasteiger partial charge >= 0.3 is 6.09 Å². The maximum absolute atomic E-state index is 12.3. The second-order valence-corrected chi connectivity index (χ2v) is 6.34. The van der Waals surface area contributed by atoms with Crippen molar-refractivity contribution in [3.05, 3.63) is 11.7 Å². The van der Waals surface area contributed by atoms with Gasteiger partial charge in [-0.1, -0.05) is 5.16 Å². The first-order chi connectivity index (χ1) is 9.89. The molecule has 2 N–H and O–H groups in total. The predicted octanol–water partition coefficient (Wildman–Crippen LogP) is 1.86. The smallest absolute Gasteiger partial charge is 0.410 e. The van der Waals surface area contributed by atoms with Crippen LogP contribution in [0.4, 0.5) is 4.79 Å². The Kier molecular flexibility index (Phi) is 4.82. The predicted molar refractivity (Wildman–Crippen MR) is 76.5 cm³/mol. The topological polar surface area (TPSA) is 94.5 Å². The summed E-state index contributed by atoms with van der Waals surface area (Å²) in [5.41, 5.74) is 4.98. The third-order valence-corrected chi connectivity index (χ3v) is 3.36. The number of hydrogen-bond donors (Lipinski definition) is 1. The van der Waals surface area contributed by atoms with E-state index in [9.17, 15) is 4.79 Å². The van der Waals surface area contributed by atoms with Crippen molar-refractivity contribution in [1.29, 1.82) is 0 Å². The molecule has 0 spiro atoms. The SMILES string of the molecule is CC(C)(C)OC(=O)N1CCCCC1Cc1nc(CN)no1. The lowest BCUT2D eigenvalue weighted by atomic mass is 10.00. The number of piperidine rings is 1. The fourth-order valence-corrected chi connectivity index (χ4v) is 2.43. The molecule has 0 bridgehead atoms. The van der Waals surface area contributed by atoms with Gasteiger partial charge in [-0.25, -0.2) is 4.79 Å². The van der Waals surface area contributed by atoms with Gasteiger partial charge in [0, 0.05) is 19.0 Å². The fourth-order valence-electron chi connectivity index (χ4n) is 2.43. The zero-order chi connectivity index (χ0) is 15.5. The van der Waals surface area contributed by atoms with Gasteiger partial charge in [0.05, 0.1) is 6.54 Å². The van der Waals surface area contributed by atoms with Crippen LogP contribution in [0.2, 0.25) is 0 Å². The zero-order valence-electron chi connectivity index (χ0n) is 13.0. The van der Waals surface area contributed by atoms with E-state index in [0.717, 1.165) is 19.3 Å². The lowest BCUT2D eigenvalue weighted by Crippen LogP contribution is -2.47. The van der Waals surface area contributed by atoms with Gasteiger partial charge in [-0.3, -0.25) is 0 Å². The molecule has 21 heavy (non-hydrogen) atoms. The highest BCUT2D eigenvalue weighted by Gasteiger charge is 2.31. The molecule has 1 aliphatic rings. The van der Waals surface area contributed by atoms with Crippen LogP contribution in [0.5, 0.6) is 0 Å². The Morgan fingerprint density at radius 3 is 2.86 bits per heavy atom. The minimum atomic E-state index is -0.490. The third-order valence-electron chi connectivity index (χ3n) is 3.36. The van der Waals surface area contributed by atoms with Crippen LogP contribution in [-0.2, 0) is 17.7 Å². The van der Waals surface area contributed by atoms with Crippen molar-refractivity contribution in [3.63, 3.8) is 0 Å². The minimum absolute atomic E-state index is 0.0414. The largest absolute Gasteiger partial charge is 0.444 e. The molecule has 1 fully saturated rings. The molecule has 1 atom stereocenters. The fraction of sp³-hybridized carbons (Fsp3) is 0.786. The first-order valence-corrected chi connectivity index (χ1v) is 7.40. The van der Waals surface area contributed by atoms with Crippen LogP contribution in [0.3, 0.4) is 0 Å². The molecule has 0 radical (unpaired) electrons. The van der Waals surface area contributed by atoms with E-state index in [1.807, 2.05) is 20.8 Å². The number of hydrogen-bond acceptors (Lipinski definition) is 6. The Bertz CT molecular complexity index is 481. The van der Waals surface area contributed by atoms with Crippen LogP contribution in [0, 0.1) is 0 Å². The van der Waals surface area contributed by atoms with E-state index in [2.05, 4.69) is 10.1 Å². The number of nitrogens with zero attached hydrogens (tertiary/aromatic N) is 3. The number of rotatable bonds is 3. The van der Waals surface area contributed by atoms with E-state index in [1.165, 1.54) is 0 Å². The molecule has 0 saturated carbocycles. The Morgan fingerprint density at radius 1 is 1.48 bits per heavy atom. The summed E-state index contributed by atoms with van der Waals surface area (Å²) in [6, 6.07) is 0.0414. The Balaban J connectivity index is 2.02. The summed E-state index contributed by atoms with van der Waals surface area (Å²) in [6.07, 6.45) is 3.27. The van der Waals surface area contributed by atoms with Crippen molar-refractivity contribution >= 4 is 6.09 Å². The highest BCUT2D eigenvalue weighted by Crippen LogP contribution is 2.22. The normalized spacial score (nSPS) is 19.6. The highest BCUT2D eigenvalue weighted by molar-refractivity contribution is 5.68. The molecule has 2 heterocycles. The number of carbonyl (C=O) groups excluding carboxylic acids is 1. The summed E-state index contributed by atoms with van der Waals surface area (Å²) in [7, 11) is 0. The van der Waals surface area contributed by atoms with Crippen LogP contribution >= 0.6 is 0 Å². The molecule has 7 nitrogen and oxygen atoms in total. The van der Waals surface area contributed by atoms with E-state index in [-0.39, 0.29) is 18.7 Å². The Morgan fingerprint density at radius 2 is 2.24 bits per heavy atom. The number of nitrogens with two attached hydrogens (primary N) is 1. The molecule has 1 unspecified atom stereocenters. The first-order valence-electron chi connectivity index (χ1n) is 7.40. The lowest BCUT2D eigenvalue weighted by Gasteiger charge is -2.36. The van der Waals surface area contributed by atoms with Crippen molar-refractivity contribution in [1.82, 2.24) is 15.0 Å². The van der Waals surface area contributed by atoms with Crippen molar-refractivity contribution in [3.8, 4) is 0 Å². The highest BCUT2D eigenvalue weighted by atomic mass is 16.6. The number of carbonyl (C=O) groups is 1. The van der Waals surface area contributed by atoms with E-state index >= 15 is 0 Å². The van der Waals surface area contributed by atoms with Gasteiger partial charge in [0.1, 0.15) is 5.60 Å². The summed E-state index contributed by atoms with van der Waals surface area (Å²) in [5, 5.41) is 3.78. The van der Waals surface area contributed by atoms with Crippen LogP contribution in [0.15, 0.2) is 4.52 Å². The Hall–Kier alpha value is -1.63. The van der Waals surface area contributed by atoms with E-state index in [4.69, 9.17) is 15.0 Å². The molecule has 1 amide bonds. The number of aromatic nitrogens is 2. The molecule has 1 aromatic heterocycles. The molecular formula is C14H24N4O3. The molecule has 118 valence electrons. The summed E-state index contributed by atoms with van der Waals surface area (Å²) < 4.78 is 10.6. The second-order valence-electron chi connectivity index (χ2n) is 6.34. The quantitative estimate of drug-likeness (QED) is 0.914. The molecule has 1 aromatic rings. The average molecular weight is 296 g/mol. The van der Waals surface area contributed by atoms with Crippen molar-refractivity contribution in [2.45, 2.75) is 64.6 Å². The van der Waals surface area contributed by atoms with Gasteiger partial charge in [-0.2, -0.15) is 4.98 Å². The summed E-state index contributed by atoms with van der Waals surface area (Å²) in [6.45, 7) is 6.57. The van der Waals surface area contributed by atoms with Gasteiger partial charge in [-0.05, 0) is 40.0 Å².